The Bertz CT molecular complexity index is 1100. The van der Waals surface area contributed by atoms with Gasteiger partial charge in [0.2, 0.25) is 0 Å². The number of benzene rings is 3. The summed E-state index contributed by atoms with van der Waals surface area (Å²) >= 11 is 0. The molecule has 0 fully saturated rings. The lowest BCUT2D eigenvalue weighted by atomic mass is 9.82. The molecule has 4 heteroatoms. The minimum atomic E-state index is -0.330. The van der Waals surface area contributed by atoms with Crippen molar-refractivity contribution in [1.82, 2.24) is 0 Å². The van der Waals surface area contributed by atoms with Gasteiger partial charge in [0.25, 0.3) is 0 Å². The largest absolute Gasteiger partial charge is 0.507 e. The number of hydrogen-bond donors (Lipinski definition) is 2. The maximum Gasteiger partial charge on any atom is 0.198 e. The number of phenolic OH excluding ortho intramolecular Hbond substituents is 1. The van der Waals surface area contributed by atoms with Crippen LogP contribution >= 0.6 is 0 Å². The molecule has 0 amide bonds. The van der Waals surface area contributed by atoms with Crippen molar-refractivity contribution in [1.29, 1.82) is 0 Å². The van der Waals surface area contributed by atoms with E-state index in [1.165, 1.54) is 37.3 Å². The maximum absolute atomic E-state index is 13.1. The van der Waals surface area contributed by atoms with Gasteiger partial charge in [0, 0.05) is 16.8 Å². The van der Waals surface area contributed by atoms with Gasteiger partial charge in [-0.1, -0.05) is 62.6 Å². The number of aryl methyl sites for hydroxylation is 1. The van der Waals surface area contributed by atoms with Gasteiger partial charge in [-0.2, -0.15) is 0 Å². The van der Waals surface area contributed by atoms with Crippen LogP contribution in [-0.2, 0) is 6.42 Å². The molecule has 30 heavy (non-hydrogen) atoms. The second kappa shape index (κ2) is 8.54. The highest BCUT2D eigenvalue weighted by Gasteiger charge is 2.33. The molecule has 152 valence electrons. The Hall–Kier alpha value is -3.40. The Kier molecular flexibility index (Phi) is 5.66. The summed E-state index contributed by atoms with van der Waals surface area (Å²) in [6.07, 6.45) is 6.01. The van der Waals surface area contributed by atoms with Crippen molar-refractivity contribution in [3.63, 3.8) is 0 Å². The van der Waals surface area contributed by atoms with Gasteiger partial charge in [-0.25, -0.2) is 0 Å². The minimum Gasteiger partial charge on any atom is -0.507 e. The van der Waals surface area contributed by atoms with Gasteiger partial charge in [0.05, 0.1) is 16.8 Å². The fourth-order valence-corrected chi connectivity index (χ4v) is 3.99. The maximum atomic E-state index is 13.1. The molecule has 0 saturated carbocycles. The number of unbranched alkanes of at least 4 members (excludes halogenated alkanes) is 3. The van der Waals surface area contributed by atoms with Gasteiger partial charge in [0.1, 0.15) is 5.75 Å². The number of anilines is 2. The van der Waals surface area contributed by atoms with Crippen LogP contribution in [0.25, 0.3) is 0 Å². The van der Waals surface area contributed by atoms with Crippen LogP contribution in [-0.4, -0.2) is 16.7 Å². The Morgan fingerprint density at radius 2 is 1.43 bits per heavy atom. The number of rotatable bonds is 7. The van der Waals surface area contributed by atoms with Crippen LogP contribution in [0.2, 0.25) is 0 Å². The summed E-state index contributed by atoms with van der Waals surface area (Å²) in [7, 11) is 0. The highest BCUT2D eigenvalue weighted by atomic mass is 16.3. The third kappa shape index (κ3) is 3.73. The zero-order chi connectivity index (χ0) is 21.1. The third-order valence-electron chi connectivity index (χ3n) is 5.60. The molecular formula is C26H25NO3. The number of carbonyl (C=O) groups excluding carboxylic acids is 2. The number of hydrogen-bond acceptors (Lipinski definition) is 4. The van der Waals surface area contributed by atoms with E-state index in [2.05, 4.69) is 24.4 Å². The number of aromatic hydroxyl groups is 1. The fraction of sp³-hybridized carbons (Fsp3) is 0.231. The second-order valence-electron chi connectivity index (χ2n) is 7.72. The molecule has 4 nitrogen and oxygen atoms in total. The predicted octanol–water partition coefficient (Wildman–Crippen LogP) is 6.03. The molecule has 0 bridgehead atoms. The van der Waals surface area contributed by atoms with E-state index in [-0.39, 0.29) is 28.4 Å². The summed E-state index contributed by atoms with van der Waals surface area (Å²) in [4.78, 5) is 26.1. The number of phenols is 1. The molecule has 0 saturated heterocycles. The van der Waals surface area contributed by atoms with Crippen LogP contribution in [0, 0.1) is 0 Å². The van der Waals surface area contributed by atoms with Crippen LogP contribution in [0.3, 0.4) is 0 Å². The lowest BCUT2D eigenvalue weighted by Gasteiger charge is -2.21. The second-order valence-corrected chi connectivity index (χ2v) is 7.72. The van der Waals surface area contributed by atoms with Crippen molar-refractivity contribution >= 4 is 22.9 Å². The first-order chi connectivity index (χ1) is 14.6. The van der Waals surface area contributed by atoms with Crippen LogP contribution in [0.15, 0.2) is 60.7 Å². The number of fused-ring (bicyclic) bond motifs is 2. The van der Waals surface area contributed by atoms with Crippen molar-refractivity contribution in [2.24, 2.45) is 0 Å². The summed E-state index contributed by atoms with van der Waals surface area (Å²) in [5, 5.41) is 13.4. The smallest absolute Gasteiger partial charge is 0.198 e. The summed E-state index contributed by atoms with van der Waals surface area (Å²) < 4.78 is 0. The predicted molar refractivity (Wildman–Crippen MR) is 119 cm³/mol. The molecule has 0 aliphatic heterocycles. The molecule has 1 aliphatic carbocycles. The summed E-state index contributed by atoms with van der Waals surface area (Å²) in [6, 6.07) is 18.0. The summed E-state index contributed by atoms with van der Waals surface area (Å²) in [5.74, 6) is -0.751. The highest BCUT2D eigenvalue weighted by Crippen LogP contribution is 2.36. The standard InChI is InChI=1S/C26H25NO3/c1-2-3-4-5-8-17-13-15-18(16-14-17)27-21-11-6-9-19-23(21)25(29)20-10-7-12-22(28)24(20)26(19)30/h6-7,9-16,27-28H,2-5,8H2,1H3. The van der Waals surface area contributed by atoms with Crippen LogP contribution < -0.4 is 5.32 Å². The number of nitrogens with one attached hydrogen (secondary N) is 1. The molecule has 1 aliphatic rings. The molecule has 2 N–H and O–H groups in total. The monoisotopic (exact) mass is 399 g/mol. The average molecular weight is 399 g/mol. The molecule has 3 aromatic rings. The summed E-state index contributed by atoms with van der Waals surface area (Å²) in [6.45, 7) is 2.21. The fourth-order valence-electron chi connectivity index (χ4n) is 3.99. The summed E-state index contributed by atoms with van der Waals surface area (Å²) in [5.41, 5.74) is 3.74. The first-order valence-electron chi connectivity index (χ1n) is 10.5. The van der Waals surface area contributed by atoms with Gasteiger partial charge in [-0.3, -0.25) is 9.59 Å². The van der Waals surface area contributed by atoms with Gasteiger partial charge in [-0.05, 0) is 42.7 Å². The number of carbonyl (C=O) groups is 2. The van der Waals surface area contributed by atoms with E-state index in [0.717, 1.165) is 12.1 Å². The highest BCUT2D eigenvalue weighted by molar-refractivity contribution is 6.31. The van der Waals surface area contributed by atoms with E-state index in [1.54, 1.807) is 30.3 Å². The van der Waals surface area contributed by atoms with Crippen LogP contribution in [0.1, 0.15) is 70.0 Å². The molecular weight excluding hydrogens is 374 g/mol. The molecule has 0 radical (unpaired) electrons. The first-order valence-corrected chi connectivity index (χ1v) is 10.5. The van der Waals surface area contributed by atoms with Crippen LogP contribution in [0.5, 0.6) is 5.75 Å². The Balaban J connectivity index is 1.59. The molecule has 0 heterocycles. The van der Waals surface area contributed by atoms with Gasteiger partial charge in [-0.15, -0.1) is 0 Å². The topological polar surface area (TPSA) is 66.4 Å². The minimum absolute atomic E-state index is 0.0829. The van der Waals surface area contributed by atoms with E-state index in [1.807, 2.05) is 12.1 Å². The molecule has 4 rings (SSSR count). The molecule has 0 spiro atoms. The van der Waals surface area contributed by atoms with E-state index in [0.29, 0.717) is 16.8 Å². The third-order valence-corrected chi connectivity index (χ3v) is 5.60. The van der Waals surface area contributed by atoms with Crippen LogP contribution in [0.4, 0.5) is 11.4 Å². The van der Waals surface area contributed by atoms with E-state index < -0.39 is 0 Å². The van der Waals surface area contributed by atoms with Gasteiger partial charge < -0.3 is 10.4 Å². The quantitative estimate of drug-likeness (QED) is 0.372. The molecule has 0 unspecified atom stereocenters. The zero-order valence-electron chi connectivity index (χ0n) is 17.1. The molecule has 0 atom stereocenters. The van der Waals surface area contributed by atoms with Gasteiger partial charge in [0.15, 0.2) is 11.6 Å². The normalized spacial score (nSPS) is 12.4. The van der Waals surface area contributed by atoms with Crippen molar-refractivity contribution in [2.45, 2.75) is 39.0 Å². The SMILES string of the molecule is CCCCCCc1ccc(Nc2cccc3c2C(=O)c2cccc(O)c2C3=O)cc1. The van der Waals surface area contributed by atoms with E-state index >= 15 is 0 Å². The van der Waals surface area contributed by atoms with Crippen molar-refractivity contribution in [3.05, 3.63) is 88.5 Å². The number of ketones is 2. The zero-order valence-corrected chi connectivity index (χ0v) is 17.1. The first kappa shape index (κ1) is 19.9. The Morgan fingerprint density at radius 3 is 2.17 bits per heavy atom. The Labute approximate surface area is 176 Å². The van der Waals surface area contributed by atoms with Crippen molar-refractivity contribution < 1.29 is 14.7 Å². The molecule has 0 aromatic heterocycles. The lowest BCUT2D eigenvalue weighted by Crippen LogP contribution is -2.22. The Morgan fingerprint density at radius 1 is 0.767 bits per heavy atom. The van der Waals surface area contributed by atoms with Crippen molar-refractivity contribution in [2.75, 3.05) is 5.32 Å². The lowest BCUT2D eigenvalue weighted by molar-refractivity contribution is 0.0977. The van der Waals surface area contributed by atoms with E-state index in [9.17, 15) is 14.7 Å². The average Bonchev–Trinajstić information content (AvgIpc) is 2.76. The van der Waals surface area contributed by atoms with E-state index in [4.69, 9.17) is 0 Å². The molecule has 3 aromatic carbocycles. The van der Waals surface area contributed by atoms with Gasteiger partial charge >= 0.3 is 0 Å². The van der Waals surface area contributed by atoms with Crippen molar-refractivity contribution in [3.8, 4) is 5.75 Å².